The van der Waals surface area contributed by atoms with E-state index in [1.807, 2.05) is 30.3 Å². The number of aromatic nitrogens is 2. The molecule has 0 saturated heterocycles. The highest BCUT2D eigenvalue weighted by atomic mass is 16.1. The summed E-state index contributed by atoms with van der Waals surface area (Å²) in [6, 6.07) is 11.5. The number of unbranched alkanes of at least 4 members (excludes halogenated alkanes) is 1. The van der Waals surface area contributed by atoms with Crippen molar-refractivity contribution in [3.63, 3.8) is 0 Å². The number of nitrogen functional groups attached to an aromatic ring is 1. The highest BCUT2D eigenvalue weighted by Gasteiger charge is 2.06. The number of anilines is 1. The fourth-order valence-electron chi connectivity index (χ4n) is 2.11. The summed E-state index contributed by atoms with van der Waals surface area (Å²) >= 11 is 0. The van der Waals surface area contributed by atoms with Gasteiger partial charge in [0.25, 0.3) is 5.56 Å². The first kappa shape index (κ1) is 14.3. The molecule has 0 spiro atoms. The van der Waals surface area contributed by atoms with Crippen molar-refractivity contribution in [2.24, 2.45) is 5.73 Å². The zero-order valence-corrected chi connectivity index (χ0v) is 11.5. The molecule has 2 rings (SSSR count). The Hall–Kier alpha value is -2.14. The standard InChI is InChI=1S/C15H20N4O/c16-8-4-5-9-19-14(20)11-13(18-15(19)17)10-12-6-2-1-3-7-12/h1-3,6-7,11H,4-5,8-10,16H2,(H2,17,18). The Morgan fingerprint density at radius 1 is 1.15 bits per heavy atom. The van der Waals surface area contributed by atoms with E-state index in [0.29, 0.717) is 25.2 Å². The minimum Gasteiger partial charge on any atom is -0.369 e. The number of benzene rings is 1. The van der Waals surface area contributed by atoms with Crippen molar-refractivity contribution < 1.29 is 0 Å². The summed E-state index contributed by atoms with van der Waals surface area (Å²) in [5.41, 5.74) is 13.0. The molecule has 0 saturated carbocycles. The maximum absolute atomic E-state index is 12.1. The first-order valence-electron chi connectivity index (χ1n) is 6.81. The van der Waals surface area contributed by atoms with Gasteiger partial charge in [-0.3, -0.25) is 9.36 Å². The van der Waals surface area contributed by atoms with Crippen molar-refractivity contribution in [3.05, 3.63) is 58.0 Å². The molecule has 1 aromatic heterocycles. The molecule has 5 heteroatoms. The van der Waals surface area contributed by atoms with Crippen molar-refractivity contribution in [2.75, 3.05) is 12.3 Å². The normalized spacial score (nSPS) is 10.7. The molecule has 1 aromatic carbocycles. The summed E-state index contributed by atoms with van der Waals surface area (Å²) in [7, 11) is 0. The van der Waals surface area contributed by atoms with E-state index in [0.717, 1.165) is 18.4 Å². The van der Waals surface area contributed by atoms with E-state index in [1.54, 1.807) is 6.07 Å². The minimum absolute atomic E-state index is 0.0968. The van der Waals surface area contributed by atoms with Gasteiger partial charge in [0.1, 0.15) is 0 Å². The smallest absolute Gasteiger partial charge is 0.255 e. The number of nitrogens with zero attached hydrogens (tertiary/aromatic N) is 2. The van der Waals surface area contributed by atoms with Gasteiger partial charge in [0.05, 0.1) is 5.69 Å². The zero-order valence-electron chi connectivity index (χ0n) is 11.5. The lowest BCUT2D eigenvalue weighted by atomic mass is 10.1. The van der Waals surface area contributed by atoms with Crippen LogP contribution >= 0.6 is 0 Å². The Morgan fingerprint density at radius 2 is 1.90 bits per heavy atom. The summed E-state index contributed by atoms with van der Waals surface area (Å²) < 4.78 is 1.50. The van der Waals surface area contributed by atoms with Gasteiger partial charge >= 0.3 is 0 Å². The van der Waals surface area contributed by atoms with Gasteiger partial charge in [-0.1, -0.05) is 30.3 Å². The fourth-order valence-corrected chi connectivity index (χ4v) is 2.11. The van der Waals surface area contributed by atoms with Crippen molar-refractivity contribution in [2.45, 2.75) is 25.8 Å². The third-order valence-electron chi connectivity index (χ3n) is 3.15. The topological polar surface area (TPSA) is 86.9 Å². The molecular formula is C15H20N4O. The lowest BCUT2D eigenvalue weighted by Gasteiger charge is -2.10. The minimum atomic E-state index is -0.0968. The van der Waals surface area contributed by atoms with Crippen LogP contribution in [0.15, 0.2) is 41.2 Å². The first-order chi connectivity index (χ1) is 9.70. The second-order valence-corrected chi connectivity index (χ2v) is 4.75. The fraction of sp³-hybridized carbons (Fsp3) is 0.333. The second-order valence-electron chi connectivity index (χ2n) is 4.75. The van der Waals surface area contributed by atoms with Crippen molar-refractivity contribution in [1.29, 1.82) is 0 Å². The van der Waals surface area contributed by atoms with Crippen LogP contribution in [0.25, 0.3) is 0 Å². The van der Waals surface area contributed by atoms with E-state index >= 15 is 0 Å². The molecule has 0 aliphatic heterocycles. The molecule has 1 heterocycles. The number of hydrogen-bond acceptors (Lipinski definition) is 4. The Bertz CT molecular complexity index is 607. The van der Waals surface area contributed by atoms with Crippen LogP contribution in [0.1, 0.15) is 24.1 Å². The van der Waals surface area contributed by atoms with Gasteiger partial charge in [0.2, 0.25) is 5.95 Å². The van der Waals surface area contributed by atoms with Crippen molar-refractivity contribution >= 4 is 5.95 Å². The van der Waals surface area contributed by atoms with E-state index in [1.165, 1.54) is 4.57 Å². The van der Waals surface area contributed by atoms with Crippen LogP contribution in [0.2, 0.25) is 0 Å². The monoisotopic (exact) mass is 272 g/mol. The SMILES string of the molecule is NCCCCn1c(N)nc(Cc2ccccc2)cc1=O. The molecule has 5 nitrogen and oxygen atoms in total. The van der Waals surface area contributed by atoms with Crippen LogP contribution < -0.4 is 17.0 Å². The highest BCUT2D eigenvalue weighted by molar-refractivity contribution is 5.26. The van der Waals surface area contributed by atoms with Gasteiger partial charge in [-0.2, -0.15) is 0 Å². The number of nitrogens with two attached hydrogens (primary N) is 2. The Kier molecular flexibility index (Phi) is 4.90. The van der Waals surface area contributed by atoms with E-state index in [-0.39, 0.29) is 11.5 Å². The van der Waals surface area contributed by atoms with Crippen LogP contribution in [0.5, 0.6) is 0 Å². The van der Waals surface area contributed by atoms with Crippen LogP contribution in [-0.4, -0.2) is 16.1 Å². The third kappa shape index (κ3) is 3.68. The molecule has 0 amide bonds. The van der Waals surface area contributed by atoms with E-state index in [4.69, 9.17) is 11.5 Å². The second kappa shape index (κ2) is 6.86. The highest BCUT2D eigenvalue weighted by Crippen LogP contribution is 2.07. The number of rotatable bonds is 6. The van der Waals surface area contributed by atoms with Gasteiger partial charge < -0.3 is 11.5 Å². The number of hydrogen-bond donors (Lipinski definition) is 2. The van der Waals surface area contributed by atoms with Crippen molar-refractivity contribution in [3.8, 4) is 0 Å². The average molecular weight is 272 g/mol. The summed E-state index contributed by atoms with van der Waals surface area (Å²) in [6.07, 6.45) is 2.32. The molecule has 2 aromatic rings. The Morgan fingerprint density at radius 3 is 2.55 bits per heavy atom. The van der Waals surface area contributed by atoms with Crippen LogP contribution in [0.3, 0.4) is 0 Å². The Labute approximate surface area is 118 Å². The lowest BCUT2D eigenvalue weighted by molar-refractivity contribution is 0.596. The van der Waals surface area contributed by atoms with E-state index < -0.39 is 0 Å². The quantitative estimate of drug-likeness (QED) is 0.772. The Balaban J connectivity index is 2.15. The molecule has 4 N–H and O–H groups in total. The molecule has 0 fully saturated rings. The maximum Gasteiger partial charge on any atom is 0.255 e. The zero-order chi connectivity index (χ0) is 14.4. The molecule has 0 unspecified atom stereocenters. The third-order valence-corrected chi connectivity index (χ3v) is 3.15. The molecule has 106 valence electrons. The largest absolute Gasteiger partial charge is 0.369 e. The molecular weight excluding hydrogens is 252 g/mol. The predicted octanol–water partition coefficient (Wildman–Crippen LogP) is 1.16. The molecule has 20 heavy (non-hydrogen) atoms. The van der Waals surface area contributed by atoms with Crippen LogP contribution in [-0.2, 0) is 13.0 Å². The summed E-state index contributed by atoms with van der Waals surface area (Å²) in [5, 5.41) is 0. The van der Waals surface area contributed by atoms with Crippen LogP contribution in [0, 0.1) is 0 Å². The summed E-state index contributed by atoms with van der Waals surface area (Å²) in [4.78, 5) is 16.4. The van der Waals surface area contributed by atoms with Gasteiger partial charge in [0, 0.05) is 19.0 Å². The van der Waals surface area contributed by atoms with Crippen LogP contribution in [0.4, 0.5) is 5.95 Å². The van der Waals surface area contributed by atoms with Gasteiger partial charge in [-0.15, -0.1) is 0 Å². The molecule has 0 atom stereocenters. The van der Waals surface area contributed by atoms with Crippen molar-refractivity contribution in [1.82, 2.24) is 9.55 Å². The molecule has 0 aliphatic carbocycles. The predicted molar refractivity (Wildman–Crippen MR) is 80.4 cm³/mol. The van der Waals surface area contributed by atoms with Gasteiger partial charge in [-0.25, -0.2) is 4.98 Å². The molecule has 0 aliphatic rings. The molecule has 0 radical (unpaired) electrons. The van der Waals surface area contributed by atoms with E-state index in [9.17, 15) is 4.79 Å². The first-order valence-corrected chi connectivity index (χ1v) is 6.81. The summed E-state index contributed by atoms with van der Waals surface area (Å²) in [6.45, 7) is 1.19. The van der Waals surface area contributed by atoms with Gasteiger partial charge in [0.15, 0.2) is 0 Å². The maximum atomic E-state index is 12.1. The average Bonchev–Trinajstić information content (AvgIpc) is 2.43. The van der Waals surface area contributed by atoms with E-state index in [2.05, 4.69) is 4.98 Å². The lowest BCUT2D eigenvalue weighted by Crippen LogP contribution is -2.25. The molecule has 0 bridgehead atoms. The van der Waals surface area contributed by atoms with Gasteiger partial charge in [-0.05, 0) is 24.9 Å². The summed E-state index contributed by atoms with van der Waals surface area (Å²) in [5.74, 6) is 0.278.